The summed E-state index contributed by atoms with van der Waals surface area (Å²) in [6.07, 6.45) is 0. The summed E-state index contributed by atoms with van der Waals surface area (Å²) in [4.78, 5) is 6.40. The summed E-state index contributed by atoms with van der Waals surface area (Å²) >= 11 is -2.94. The molecule has 0 aromatic rings. The van der Waals surface area contributed by atoms with E-state index in [9.17, 15) is 0 Å². The van der Waals surface area contributed by atoms with Crippen LogP contribution >= 0.6 is 0 Å². The van der Waals surface area contributed by atoms with E-state index in [-0.39, 0.29) is 16.8 Å². The summed E-state index contributed by atoms with van der Waals surface area (Å²) in [6.45, 7) is 15.1. The van der Waals surface area contributed by atoms with Crippen LogP contribution in [0, 0.1) is 0 Å². The van der Waals surface area contributed by atoms with Crippen molar-refractivity contribution in [3.63, 3.8) is 0 Å². The molecule has 0 unspecified atom stereocenters. The molecule has 0 spiro atoms. The van der Waals surface area contributed by atoms with E-state index in [4.69, 9.17) is 10.6 Å². The Morgan fingerprint density at radius 1 is 0.520 bits per heavy atom. The van der Waals surface area contributed by atoms with Crippen molar-refractivity contribution >= 4 is 17.3 Å². The van der Waals surface area contributed by atoms with Crippen molar-refractivity contribution in [2.45, 2.75) is 58.3 Å². The molecule has 0 rings (SSSR count). The first-order chi connectivity index (χ1) is 11.0. The van der Waals surface area contributed by atoms with E-state index in [0.717, 1.165) is 19.6 Å². The van der Waals surface area contributed by atoms with Gasteiger partial charge >= 0.3 is 163 Å². The second kappa shape index (κ2) is 10.1. The first-order valence-electron chi connectivity index (χ1n) is 9.01. The maximum absolute atomic E-state index is 6.45. The molecule has 0 radical (unpaired) electrons. The normalized spacial score (nSPS) is 14.0. The zero-order valence-electron chi connectivity index (χ0n) is 18.8. The van der Waals surface area contributed by atoms with Crippen LogP contribution in [0.3, 0.4) is 0 Å². The Kier molecular flexibility index (Phi) is 10.2. The summed E-state index contributed by atoms with van der Waals surface area (Å²) in [5.74, 6) is 0. The average molecular weight is 418 g/mol. The predicted octanol–water partition coefficient (Wildman–Crippen LogP) is 2.04. The Balaban J connectivity index is 5.23. The van der Waals surface area contributed by atoms with Crippen LogP contribution in [0.25, 0.3) is 0 Å². The molecule has 0 saturated carbocycles. The van der Waals surface area contributed by atoms with Crippen LogP contribution in [-0.2, 0) is 10.6 Å². The van der Waals surface area contributed by atoms with E-state index in [1.807, 2.05) is 0 Å². The van der Waals surface area contributed by atoms with Crippen molar-refractivity contribution in [1.29, 1.82) is 0 Å². The van der Waals surface area contributed by atoms with Gasteiger partial charge < -0.3 is 0 Å². The predicted molar refractivity (Wildman–Crippen MR) is 107 cm³/mol. The van der Waals surface area contributed by atoms with Gasteiger partial charge in [0.1, 0.15) is 0 Å². The van der Waals surface area contributed by atoms with Gasteiger partial charge in [-0.3, -0.25) is 0 Å². The minimum absolute atomic E-state index is 0.309. The summed E-state index contributed by atoms with van der Waals surface area (Å²) in [6, 6.07) is 0. The Morgan fingerprint density at radius 3 is 0.880 bits per heavy atom. The van der Waals surface area contributed by atoms with Crippen LogP contribution < -0.4 is 0 Å². The number of rotatable bonds is 12. The van der Waals surface area contributed by atoms with Crippen molar-refractivity contribution in [1.82, 2.24) is 14.7 Å². The second-order valence-corrected chi connectivity index (χ2v) is 12.3. The zero-order valence-corrected chi connectivity index (χ0v) is 21.2. The molecule has 7 heteroatoms. The fraction of sp³-hybridized carbons (Fsp3) is 1.00. The minimum atomic E-state index is -2.94. The summed E-state index contributed by atoms with van der Waals surface area (Å²) in [5, 5.41) is 0. The molecule has 0 aromatic carbocycles. The SMILES string of the molecule is CN(C)CC(C)(C)[O][Ga]([O]C(C)(C)CN(C)C)[O]C(C)(C)CN(C)C. The zero-order chi connectivity index (χ0) is 20.1. The molecule has 150 valence electrons. The first kappa shape index (κ1) is 25.4. The van der Waals surface area contributed by atoms with Crippen LogP contribution in [0.15, 0.2) is 0 Å². The van der Waals surface area contributed by atoms with E-state index in [2.05, 4.69) is 98.5 Å². The third-order valence-electron chi connectivity index (χ3n) is 3.34. The second-order valence-electron chi connectivity index (χ2n) is 9.63. The fourth-order valence-electron chi connectivity index (χ4n) is 3.25. The number of nitrogens with zero attached hydrogens (tertiary/aromatic N) is 3. The average Bonchev–Trinajstić information content (AvgIpc) is 2.18. The molecule has 6 nitrogen and oxygen atoms in total. The molecule has 0 N–H and O–H groups in total. The summed E-state index contributed by atoms with van der Waals surface area (Å²) in [5.41, 5.74) is -0.927. The van der Waals surface area contributed by atoms with E-state index in [0.29, 0.717) is 0 Å². The molecule has 0 amide bonds. The van der Waals surface area contributed by atoms with Crippen molar-refractivity contribution in [3.05, 3.63) is 0 Å². The third kappa shape index (κ3) is 13.2. The van der Waals surface area contributed by atoms with Gasteiger partial charge in [-0.15, -0.1) is 0 Å². The Morgan fingerprint density at radius 2 is 0.720 bits per heavy atom. The number of hydrogen-bond donors (Lipinski definition) is 0. The summed E-state index contributed by atoms with van der Waals surface area (Å²) < 4.78 is 19.3. The monoisotopic (exact) mass is 417 g/mol. The van der Waals surface area contributed by atoms with E-state index >= 15 is 0 Å². The molecule has 0 bridgehead atoms. The Hall–Kier alpha value is 0.396. The Labute approximate surface area is 163 Å². The number of hydrogen-bond acceptors (Lipinski definition) is 6. The standard InChI is InChI=1S/3C6H14NO.Ga/c3*1-6(2,8)5-7(3)4;/h3*5H2,1-4H3;/q3*-1;+3. The van der Waals surface area contributed by atoms with Crippen molar-refractivity contribution in [2.24, 2.45) is 0 Å². The van der Waals surface area contributed by atoms with E-state index < -0.39 is 17.3 Å². The molecule has 0 aliphatic carbocycles. The van der Waals surface area contributed by atoms with E-state index in [1.54, 1.807) is 0 Å². The van der Waals surface area contributed by atoms with Crippen LogP contribution in [-0.4, -0.2) is 111 Å². The third-order valence-corrected chi connectivity index (χ3v) is 8.56. The summed E-state index contributed by atoms with van der Waals surface area (Å²) in [7, 11) is 12.3. The van der Waals surface area contributed by atoms with Gasteiger partial charge in [-0.05, 0) is 0 Å². The van der Waals surface area contributed by atoms with Gasteiger partial charge in [-0.2, -0.15) is 0 Å². The topological polar surface area (TPSA) is 37.4 Å². The van der Waals surface area contributed by atoms with Crippen LogP contribution in [0.2, 0.25) is 0 Å². The van der Waals surface area contributed by atoms with Crippen molar-refractivity contribution in [2.75, 3.05) is 61.9 Å². The van der Waals surface area contributed by atoms with Gasteiger partial charge in [0.15, 0.2) is 0 Å². The molecule has 0 aliphatic rings. The van der Waals surface area contributed by atoms with Crippen LogP contribution in [0.1, 0.15) is 41.5 Å². The van der Waals surface area contributed by atoms with Gasteiger partial charge in [0.05, 0.1) is 0 Å². The molecule has 0 saturated heterocycles. The molecule has 25 heavy (non-hydrogen) atoms. The quantitative estimate of drug-likeness (QED) is 0.452. The van der Waals surface area contributed by atoms with Crippen LogP contribution in [0.5, 0.6) is 0 Å². The molecular weight excluding hydrogens is 376 g/mol. The van der Waals surface area contributed by atoms with Crippen molar-refractivity contribution in [3.8, 4) is 0 Å². The molecule has 0 aromatic heterocycles. The maximum atomic E-state index is 6.45. The van der Waals surface area contributed by atoms with Gasteiger partial charge in [-0.25, -0.2) is 0 Å². The van der Waals surface area contributed by atoms with Gasteiger partial charge in [-0.1, -0.05) is 0 Å². The number of likely N-dealkylation sites (N-methyl/N-ethyl adjacent to an activating group) is 3. The fourth-order valence-corrected chi connectivity index (χ4v) is 7.30. The van der Waals surface area contributed by atoms with Gasteiger partial charge in [0, 0.05) is 0 Å². The molecule has 0 heterocycles. The van der Waals surface area contributed by atoms with Gasteiger partial charge in [0.2, 0.25) is 0 Å². The first-order valence-corrected chi connectivity index (χ1v) is 12.0. The Bertz CT molecular complexity index is 329. The molecule has 0 atom stereocenters. The van der Waals surface area contributed by atoms with Gasteiger partial charge in [0.25, 0.3) is 0 Å². The molecular formula is C18H42GaN3O3. The molecule has 0 aliphatic heterocycles. The van der Waals surface area contributed by atoms with Crippen LogP contribution in [0.4, 0.5) is 0 Å². The van der Waals surface area contributed by atoms with E-state index in [1.165, 1.54) is 0 Å². The molecule has 0 fully saturated rings. The van der Waals surface area contributed by atoms with Crippen molar-refractivity contribution < 1.29 is 10.6 Å².